The molecule has 0 aliphatic carbocycles. The number of carbonyl (C=O) groups is 6. The zero-order chi connectivity index (χ0) is 40.6. The summed E-state index contributed by atoms with van der Waals surface area (Å²) in [6.45, 7) is -0.0955. The quantitative estimate of drug-likeness (QED) is 0.148. The molecule has 0 bridgehead atoms. The van der Waals surface area contributed by atoms with Crippen LogP contribution in [0.25, 0.3) is 0 Å². The Morgan fingerprint density at radius 3 is 1.61 bits per heavy atom. The minimum absolute atomic E-state index is 0.0132. The highest BCUT2D eigenvalue weighted by Crippen LogP contribution is 2.57. The van der Waals surface area contributed by atoms with E-state index in [1.807, 2.05) is 5.32 Å². The molecule has 0 radical (unpaired) electrons. The molecule has 4 amide bonds. The summed E-state index contributed by atoms with van der Waals surface area (Å²) in [4.78, 5) is 77.3. The molecular weight excluding hydrogens is 770 g/mol. The summed E-state index contributed by atoms with van der Waals surface area (Å²) >= 11 is 0. The van der Waals surface area contributed by atoms with Crippen LogP contribution >= 0.6 is 0 Å². The molecule has 4 atom stereocenters. The number of nitrogens with one attached hydrogen (secondary N) is 1. The monoisotopic (exact) mass is 794 g/mol. The Hall–Kier alpha value is -6.40. The van der Waals surface area contributed by atoms with E-state index in [-0.39, 0.29) is 24.5 Å². The molecule has 292 valence electrons. The molecule has 0 aromatic heterocycles. The van der Waals surface area contributed by atoms with Gasteiger partial charge in [0.15, 0.2) is 12.2 Å². The van der Waals surface area contributed by atoms with Crippen LogP contribution in [-0.4, -0.2) is 85.5 Å². The lowest BCUT2D eigenvalue weighted by Gasteiger charge is -2.38. The van der Waals surface area contributed by atoms with Crippen LogP contribution in [0.4, 0.5) is 32.0 Å². The van der Waals surface area contributed by atoms with Crippen molar-refractivity contribution >= 4 is 41.3 Å². The van der Waals surface area contributed by atoms with Crippen LogP contribution in [0.1, 0.15) is 73.3 Å². The van der Waals surface area contributed by atoms with E-state index < -0.39 is 111 Å². The Kier molecular flexibility index (Phi) is 8.80. The summed E-state index contributed by atoms with van der Waals surface area (Å²) in [5.41, 5.74) is -10.0. The number of rotatable bonds is 7. The van der Waals surface area contributed by atoms with Crippen molar-refractivity contribution in [2.45, 2.75) is 42.2 Å². The Morgan fingerprint density at radius 1 is 0.596 bits per heavy atom. The molecule has 0 spiro atoms. The number of benzene rings is 4. The smallest absolute Gasteiger partial charge is 0.411 e. The maximum absolute atomic E-state index is 14.9. The highest BCUT2D eigenvalue weighted by molar-refractivity contribution is 6.34. The topological polar surface area (TPSA) is 155 Å². The number of hydrogen-bond acceptors (Lipinski definition) is 10. The van der Waals surface area contributed by atoms with Gasteiger partial charge in [-0.25, -0.2) is 14.5 Å². The van der Waals surface area contributed by atoms with E-state index in [4.69, 9.17) is 18.9 Å². The van der Waals surface area contributed by atoms with Gasteiger partial charge in [-0.05, 0) is 71.8 Å². The first-order valence-corrected chi connectivity index (χ1v) is 17.0. The molecule has 1 N–H and O–H groups in total. The molecule has 4 aromatic carbocycles. The zero-order valence-electron chi connectivity index (χ0n) is 28.7. The van der Waals surface area contributed by atoms with Crippen LogP contribution < -0.4 is 10.2 Å². The van der Waals surface area contributed by atoms with E-state index in [0.717, 1.165) is 12.1 Å². The zero-order valence-corrected chi connectivity index (χ0v) is 28.7. The van der Waals surface area contributed by atoms with Crippen LogP contribution in [0, 0.1) is 0 Å². The summed E-state index contributed by atoms with van der Waals surface area (Å²) in [7, 11) is 0. The number of carbonyl (C=O) groups excluding carboxylic acids is 6. The highest BCUT2D eigenvalue weighted by atomic mass is 19.4. The van der Waals surface area contributed by atoms with Gasteiger partial charge in [-0.15, -0.1) is 0 Å². The fraction of sp³-hybridized carbons (Fsp3) is 0.231. The Morgan fingerprint density at radius 2 is 1.07 bits per heavy atom. The second kappa shape index (κ2) is 13.4. The third-order valence-electron chi connectivity index (χ3n) is 10.2. The van der Waals surface area contributed by atoms with E-state index in [2.05, 4.69) is 0 Å². The number of fused-ring (bicyclic) bond motifs is 3. The van der Waals surface area contributed by atoms with Gasteiger partial charge in [0.2, 0.25) is 5.41 Å². The van der Waals surface area contributed by atoms with Gasteiger partial charge in [0, 0.05) is 0 Å². The van der Waals surface area contributed by atoms with Crippen molar-refractivity contribution in [1.29, 1.82) is 0 Å². The first-order chi connectivity index (χ1) is 27.0. The Bertz CT molecular complexity index is 2370. The van der Waals surface area contributed by atoms with Crippen LogP contribution in [0.3, 0.4) is 0 Å². The number of ether oxygens (including phenoxy) is 4. The fourth-order valence-corrected chi connectivity index (χ4v) is 7.45. The molecule has 4 aliphatic rings. The number of hydrogen-bond donors (Lipinski definition) is 1. The van der Waals surface area contributed by atoms with E-state index in [9.17, 15) is 55.1 Å². The van der Waals surface area contributed by atoms with Gasteiger partial charge in [-0.1, -0.05) is 30.3 Å². The molecule has 8 rings (SSSR count). The van der Waals surface area contributed by atoms with Crippen molar-refractivity contribution in [3.8, 4) is 0 Å². The number of alkyl halides is 6. The standard InChI is InChI=1S/C39H24F6N2O10/c40-38(41,42)37(39(43,44)45,20-8-12-23-25(14-20)32(49)46-31(23)48)21-9-13-24-26(15-21)34(51)47(33(24)50)22-10-6-19(7-11-22)36(53)57-28-17-55-29-27(16-54-30(28)29)56-35(52)18-4-2-1-3-5-18/h1-15,27-30H,16-17H2,(H,46,48,49)/t27-,28+,29+,30+/m0/s1. The van der Waals surface area contributed by atoms with Gasteiger partial charge in [0.25, 0.3) is 23.6 Å². The second-order valence-corrected chi connectivity index (χ2v) is 13.4. The lowest BCUT2D eigenvalue weighted by atomic mass is 9.71. The summed E-state index contributed by atoms with van der Waals surface area (Å²) in [6.07, 6.45) is -15.4. The van der Waals surface area contributed by atoms with Crippen LogP contribution in [0.2, 0.25) is 0 Å². The van der Waals surface area contributed by atoms with Gasteiger partial charge in [0.1, 0.15) is 12.2 Å². The summed E-state index contributed by atoms with van der Waals surface area (Å²) < 4.78 is 112. The first kappa shape index (κ1) is 37.5. The lowest BCUT2D eigenvalue weighted by molar-refractivity contribution is -0.288. The number of anilines is 1. The number of imide groups is 2. The molecule has 57 heavy (non-hydrogen) atoms. The Balaban J connectivity index is 1.01. The third-order valence-corrected chi connectivity index (χ3v) is 10.2. The SMILES string of the molecule is O=C(O[C@H]1CO[C@H]2[C@@H]1OC[C@H]2OC(=O)c1ccc(N2C(=O)c3ccc(C(c4ccc5c(c4)C(=O)NC5=O)(C(F)(F)F)C(F)(F)F)cc3C2=O)cc1)c1ccccc1. The number of esters is 2. The minimum Gasteiger partial charge on any atom is -0.453 e. The maximum atomic E-state index is 14.9. The predicted molar refractivity (Wildman–Crippen MR) is 179 cm³/mol. The average Bonchev–Trinajstić information content (AvgIpc) is 3.90. The number of amides is 4. The van der Waals surface area contributed by atoms with Crippen molar-refractivity contribution < 1.29 is 74.1 Å². The second-order valence-electron chi connectivity index (χ2n) is 13.4. The summed E-state index contributed by atoms with van der Waals surface area (Å²) in [6, 6.07) is 15.8. The van der Waals surface area contributed by atoms with Crippen LogP contribution in [-0.2, 0) is 24.4 Å². The van der Waals surface area contributed by atoms with Gasteiger partial charge in [-0.2, -0.15) is 26.3 Å². The molecule has 2 saturated heterocycles. The molecule has 4 aromatic rings. The van der Waals surface area contributed by atoms with Crippen molar-refractivity contribution in [3.63, 3.8) is 0 Å². The molecule has 12 nitrogen and oxygen atoms in total. The van der Waals surface area contributed by atoms with E-state index in [1.54, 1.807) is 30.3 Å². The van der Waals surface area contributed by atoms with Crippen molar-refractivity contribution in [1.82, 2.24) is 5.32 Å². The lowest BCUT2D eigenvalue weighted by Crippen LogP contribution is -2.55. The molecule has 4 heterocycles. The Labute approximate surface area is 316 Å². The van der Waals surface area contributed by atoms with Crippen LogP contribution in [0.5, 0.6) is 0 Å². The third kappa shape index (κ3) is 5.94. The normalized spacial score (nSPS) is 21.6. The average molecular weight is 795 g/mol. The largest absolute Gasteiger partial charge is 0.453 e. The number of nitrogens with zero attached hydrogens (tertiary/aromatic N) is 1. The summed E-state index contributed by atoms with van der Waals surface area (Å²) in [5.74, 6) is -5.96. The fourth-order valence-electron chi connectivity index (χ4n) is 7.45. The maximum Gasteiger partial charge on any atom is 0.411 e. The molecule has 0 unspecified atom stereocenters. The van der Waals surface area contributed by atoms with Crippen molar-refractivity contribution in [2.24, 2.45) is 0 Å². The molecular formula is C39H24F6N2O10. The van der Waals surface area contributed by atoms with Crippen molar-refractivity contribution in [3.05, 3.63) is 136 Å². The van der Waals surface area contributed by atoms with Crippen LogP contribution in [0.15, 0.2) is 91.0 Å². The van der Waals surface area contributed by atoms with E-state index in [0.29, 0.717) is 46.9 Å². The first-order valence-electron chi connectivity index (χ1n) is 17.0. The van der Waals surface area contributed by atoms with Gasteiger partial charge >= 0.3 is 24.3 Å². The molecule has 18 heteroatoms. The number of halogens is 6. The minimum atomic E-state index is -6.12. The molecule has 0 saturated carbocycles. The summed E-state index contributed by atoms with van der Waals surface area (Å²) in [5, 5.41) is 1.81. The van der Waals surface area contributed by atoms with Gasteiger partial charge in [0.05, 0.1) is 52.3 Å². The van der Waals surface area contributed by atoms with Crippen molar-refractivity contribution in [2.75, 3.05) is 18.1 Å². The van der Waals surface area contributed by atoms with E-state index >= 15 is 0 Å². The highest BCUT2D eigenvalue weighted by Gasteiger charge is 2.73. The molecule has 2 fully saturated rings. The van der Waals surface area contributed by atoms with Gasteiger partial charge in [-0.3, -0.25) is 24.5 Å². The molecule has 4 aliphatic heterocycles. The van der Waals surface area contributed by atoms with E-state index in [1.165, 1.54) is 12.1 Å². The predicted octanol–water partition coefficient (Wildman–Crippen LogP) is 5.33. The van der Waals surface area contributed by atoms with Gasteiger partial charge < -0.3 is 18.9 Å².